The lowest BCUT2D eigenvalue weighted by Crippen LogP contribution is -2.30. The Balaban J connectivity index is 1.61. The number of hydrogen-bond donors (Lipinski definition) is 1. The quantitative estimate of drug-likeness (QED) is 0.748. The van der Waals surface area contributed by atoms with Crippen molar-refractivity contribution in [1.29, 1.82) is 5.26 Å². The fourth-order valence-electron chi connectivity index (χ4n) is 2.37. The van der Waals surface area contributed by atoms with Gasteiger partial charge in [-0.15, -0.1) is 10.2 Å². The number of halogens is 1. The second-order valence-electron chi connectivity index (χ2n) is 5.67. The predicted molar refractivity (Wildman–Crippen MR) is 96.0 cm³/mol. The molecule has 2 aromatic carbocycles. The van der Waals surface area contributed by atoms with Gasteiger partial charge in [0.15, 0.2) is 0 Å². The van der Waals surface area contributed by atoms with E-state index in [1.54, 1.807) is 36.4 Å². The third-order valence-electron chi connectivity index (χ3n) is 3.76. The summed E-state index contributed by atoms with van der Waals surface area (Å²) < 4.78 is 0. The molecule has 0 aliphatic carbocycles. The highest BCUT2D eigenvalue weighted by atomic mass is 35.5. The Morgan fingerprint density at radius 2 is 1.92 bits per heavy atom. The highest BCUT2D eigenvalue weighted by Crippen LogP contribution is 2.17. The van der Waals surface area contributed by atoms with Gasteiger partial charge in [0, 0.05) is 10.6 Å². The van der Waals surface area contributed by atoms with E-state index in [4.69, 9.17) is 16.9 Å². The lowest BCUT2D eigenvalue weighted by Gasteiger charge is -2.14. The lowest BCUT2D eigenvalue weighted by molar-refractivity contribution is -0.122. The number of carbonyl (C=O) groups is 1. The molecule has 1 unspecified atom stereocenters. The Morgan fingerprint density at radius 1 is 1.23 bits per heavy atom. The number of rotatable bonds is 5. The van der Waals surface area contributed by atoms with E-state index in [1.807, 2.05) is 19.1 Å². The predicted octanol–water partition coefficient (Wildman–Crippen LogP) is 2.74. The summed E-state index contributed by atoms with van der Waals surface area (Å²) in [7, 11) is 0. The number of benzene rings is 2. The second-order valence-corrected chi connectivity index (χ2v) is 6.11. The molecule has 7 nitrogen and oxygen atoms in total. The molecule has 1 atom stereocenters. The zero-order valence-electron chi connectivity index (χ0n) is 13.9. The summed E-state index contributed by atoms with van der Waals surface area (Å²) in [6.45, 7) is 1.83. The minimum Gasteiger partial charge on any atom is -0.348 e. The van der Waals surface area contributed by atoms with E-state index < -0.39 is 0 Å². The van der Waals surface area contributed by atoms with E-state index in [9.17, 15) is 4.79 Å². The number of aromatic nitrogens is 4. The molecule has 0 bridgehead atoms. The van der Waals surface area contributed by atoms with Crippen LogP contribution in [0.5, 0.6) is 0 Å². The largest absolute Gasteiger partial charge is 0.348 e. The van der Waals surface area contributed by atoms with Crippen molar-refractivity contribution in [2.75, 3.05) is 0 Å². The van der Waals surface area contributed by atoms with Crippen LogP contribution in [0.15, 0.2) is 48.5 Å². The van der Waals surface area contributed by atoms with Crippen LogP contribution in [-0.2, 0) is 11.3 Å². The van der Waals surface area contributed by atoms with Gasteiger partial charge in [0.1, 0.15) is 6.54 Å². The van der Waals surface area contributed by atoms with Gasteiger partial charge in [-0.2, -0.15) is 10.1 Å². The van der Waals surface area contributed by atoms with Crippen molar-refractivity contribution in [2.45, 2.75) is 19.5 Å². The van der Waals surface area contributed by atoms with Gasteiger partial charge in [-0.1, -0.05) is 23.7 Å². The molecule has 3 aromatic rings. The zero-order valence-corrected chi connectivity index (χ0v) is 14.7. The van der Waals surface area contributed by atoms with Gasteiger partial charge in [0.05, 0.1) is 17.7 Å². The van der Waals surface area contributed by atoms with Crippen molar-refractivity contribution < 1.29 is 4.79 Å². The molecular weight excluding hydrogens is 352 g/mol. The van der Waals surface area contributed by atoms with Crippen LogP contribution >= 0.6 is 11.6 Å². The van der Waals surface area contributed by atoms with E-state index in [2.05, 4.69) is 26.8 Å². The van der Waals surface area contributed by atoms with Gasteiger partial charge in [0.2, 0.25) is 11.7 Å². The van der Waals surface area contributed by atoms with Crippen molar-refractivity contribution in [2.24, 2.45) is 0 Å². The van der Waals surface area contributed by atoms with Crippen molar-refractivity contribution >= 4 is 17.5 Å². The molecule has 26 heavy (non-hydrogen) atoms. The van der Waals surface area contributed by atoms with Crippen LogP contribution in [0, 0.1) is 11.3 Å². The average molecular weight is 367 g/mol. The molecule has 0 aliphatic heterocycles. The Hall–Kier alpha value is -3.24. The van der Waals surface area contributed by atoms with E-state index in [1.165, 1.54) is 4.80 Å². The molecule has 3 rings (SSSR count). The number of nitriles is 1. The Labute approximate surface area is 155 Å². The summed E-state index contributed by atoms with van der Waals surface area (Å²) in [4.78, 5) is 13.4. The summed E-state index contributed by atoms with van der Waals surface area (Å²) >= 11 is 5.86. The van der Waals surface area contributed by atoms with E-state index in [0.717, 1.165) is 11.1 Å². The van der Waals surface area contributed by atoms with Gasteiger partial charge in [-0.05, 0) is 54.1 Å². The lowest BCUT2D eigenvalue weighted by atomic mass is 10.1. The number of hydrogen-bond acceptors (Lipinski definition) is 5. The first-order valence-corrected chi connectivity index (χ1v) is 8.26. The van der Waals surface area contributed by atoms with E-state index in [-0.39, 0.29) is 18.5 Å². The number of nitrogens with zero attached hydrogens (tertiary/aromatic N) is 5. The maximum atomic E-state index is 12.2. The first-order chi connectivity index (χ1) is 12.5. The van der Waals surface area contributed by atoms with Crippen LogP contribution in [-0.4, -0.2) is 26.1 Å². The van der Waals surface area contributed by atoms with Crippen LogP contribution in [0.1, 0.15) is 24.1 Å². The van der Waals surface area contributed by atoms with Crippen LogP contribution in [0.3, 0.4) is 0 Å². The minimum atomic E-state index is -0.234. The monoisotopic (exact) mass is 366 g/mol. The highest BCUT2D eigenvalue weighted by molar-refractivity contribution is 6.30. The first kappa shape index (κ1) is 17.6. The Morgan fingerprint density at radius 3 is 2.58 bits per heavy atom. The molecular formula is C18H15ClN6O. The molecule has 0 aliphatic rings. The Bertz CT molecular complexity index is 943. The topological polar surface area (TPSA) is 96.5 Å². The van der Waals surface area contributed by atoms with Gasteiger partial charge in [-0.3, -0.25) is 4.79 Å². The van der Waals surface area contributed by atoms with E-state index in [0.29, 0.717) is 16.4 Å². The molecule has 0 saturated carbocycles. The fourth-order valence-corrected chi connectivity index (χ4v) is 2.50. The smallest absolute Gasteiger partial charge is 0.244 e. The minimum absolute atomic E-state index is 0.0405. The van der Waals surface area contributed by atoms with Gasteiger partial charge in [0.25, 0.3) is 0 Å². The molecule has 130 valence electrons. The van der Waals surface area contributed by atoms with Crippen molar-refractivity contribution in [3.05, 3.63) is 64.7 Å². The van der Waals surface area contributed by atoms with Gasteiger partial charge >= 0.3 is 0 Å². The molecule has 0 fully saturated rings. The van der Waals surface area contributed by atoms with Crippen molar-refractivity contribution in [3.63, 3.8) is 0 Å². The van der Waals surface area contributed by atoms with E-state index >= 15 is 0 Å². The Kier molecular flexibility index (Phi) is 5.25. The summed E-state index contributed by atoms with van der Waals surface area (Å²) in [5.74, 6) is 0.191. The zero-order chi connectivity index (χ0) is 18.5. The summed E-state index contributed by atoms with van der Waals surface area (Å²) in [6, 6.07) is 16.0. The summed E-state index contributed by atoms with van der Waals surface area (Å²) in [6.07, 6.45) is 0. The number of nitrogens with one attached hydrogen (secondary N) is 1. The standard InChI is InChI=1S/C18H15ClN6O/c1-12(14-4-2-13(10-20)3-5-14)21-17(26)11-25-23-18(22-24-25)15-6-8-16(19)9-7-15/h2-9,12H,11H2,1H3,(H,21,26). The highest BCUT2D eigenvalue weighted by Gasteiger charge is 2.13. The molecule has 1 amide bonds. The average Bonchev–Trinajstić information content (AvgIpc) is 3.10. The summed E-state index contributed by atoms with van der Waals surface area (Å²) in [5, 5.41) is 24.4. The molecule has 0 radical (unpaired) electrons. The third kappa shape index (κ3) is 4.23. The summed E-state index contributed by atoms with van der Waals surface area (Å²) in [5.41, 5.74) is 2.26. The molecule has 8 heteroatoms. The van der Waals surface area contributed by atoms with Crippen molar-refractivity contribution in [1.82, 2.24) is 25.5 Å². The van der Waals surface area contributed by atoms with Gasteiger partial charge < -0.3 is 5.32 Å². The normalized spacial score (nSPS) is 11.6. The van der Waals surface area contributed by atoms with Crippen molar-refractivity contribution in [3.8, 4) is 17.5 Å². The van der Waals surface area contributed by atoms with Crippen LogP contribution in [0.4, 0.5) is 0 Å². The number of carbonyl (C=O) groups excluding carboxylic acids is 1. The molecule has 0 spiro atoms. The first-order valence-electron chi connectivity index (χ1n) is 7.88. The second kappa shape index (κ2) is 7.76. The molecule has 1 heterocycles. The molecule has 1 N–H and O–H groups in total. The fraction of sp³-hybridized carbons (Fsp3) is 0.167. The number of tetrazole rings is 1. The van der Waals surface area contributed by atoms with Crippen LogP contribution < -0.4 is 5.32 Å². The van der Waals surface area contributed by atoms with Crippen LogP contribution in [0.25, 0.3) is 11.4 Å². The number of amides is 1. The third-order valence-corrected chi connectivity index (χ3v) is 4.01. The maximum Gasteiger partial charge on any atom is 0.244 e. The maximum absolute atomic E-state index is 12.2. The SMILES string of the molecule is CC(NC(=O)Cn1nnc(-c2ccc(Cl)cc2)n1)c1ccc(C#N)cc1. The molecule has 0 saturated heterocycles. The van der Waals surface area contributed by atoms with Crippen LogP contribution in [0.2, 0.25) is 5.02 Å². The molecule has 1 aromatic heterocycles. The van der Waals surface area contributed by atoms with Gasteiger partial charge in [-0.25, -0.2) is 0 Å².